The number of likely N-dealkylation sites (N-methyl/N-ethyl adjacent to an activating group) is 1. The van der Waals surface area contributed by atoms with E-state index in [9.17, 15) is 18.0 Å². The lowest BCUT2D eigenvalue weighted by atomic mass is 10.0. The lowest BCUT2D eigenvalue weighted by molar-refractivity contribution is -0.0793. The molecule has 46 heavy (non-hydrogen) atoms. The van der Waals surface area contributed by atoms with Crippen LogP contribution in [0, 0.1) is 0 Å². The van der Waals surface area contributed by atoms with Crippen molar-refractivity contribution in [3.8, 4) is 5.75 Å². The van der Waals surface area contributed by atoms with Gasteiger partial charge in [0, 0.05) is 35.8 Å². The van der Waals surface area contributed by atoms with Gasteiger partial charge in [0.05, 0.1) is 23.7 Å². The van der Waals surface area contributed by atoms with Gasteiger partial charge in [-0.2, -0.15) is 9.71 Å². The smallest absolute Gasteiger partial charge is 0.264 e. The van der Waals surface area contributed by atoms with Gasteiger partial charge in [0.25, 0.3) is 5.56 Å². The summed E-state index contributed by atoms with van der Waals surface area (Å²) in [6.07, 6.45) is 0.447. The molecule has 2 aromatic heterocycles. The predicted molar refractivity (Wildman–Crippen MR) is 171 cm³/mol. The first-order valence-corrected chi connectivity index (χ1v) is 16.2. The maximum atomic E-state index is 14.1. The normalized spacial score (nSPS) is 19.3. The molecule has 5 aromatic rings. The van der Waals surface area contributed by atoms with Crippen molar-refractivity contribution in [3.05, 3.63) is 118 Å². The van der Waals surface area contributed by atoms with Gasteiger partial charge in [-0.1, -0.05) is 48.5 Å². The van der Waals surface area contributed by atoms with Crippen LogP contribution in [-0.2, 0) is 21.2 Å². The van der Waals surface area contributed by atoms with Gasteiger partial charge >= 0.3 is 0 Å². The van der Waals surface area contributed by atoms with Crippen LogP contribution < -0.4 is 20.3 Å². The average Bonchev–Trinajstić information content (AvgIpc) is 3.06. The molecule has 0 amide bonds. The fourth-order valence-corrected chi connectivity index (χ4v) is 7.07. The van der Waals surface area contributed by atoms with Crippen LogP contribution in [0.1, 0.15) is 27.7 Å². The fourth-order valence-electron chi connectivity index (χ4n) is 5.64. The number of sulfonamides is 1. The molecule has 2 aliphatic rings. The van der Waals surface area contributed by atoms with E-state index in [1.54, 1.807) is 48.5 Å². The second kappa shape index (κ2) is 12.1. The Hall–Kier alpha value is -4.95. The number of rotatable bonds is 7. The first-order chi connectivity index (χ1) is 22.3. The van der Waals surface area contributed by atoms with Gasteiger partial charge in [-0.3, -0.25) is 19.1 Å². The van der Waals surface area contributed by atoms with E-state index in [0.717, 1.165) is 6.54 Å². The lowest BCUT2D eigenvalue weighted by Gasteiger charge is -2.32. The third-order valence-corrected chi connectivity index (χ3v) is 9.61. The van der Waals surface area contributed by atoms with Gasteiger partial charge in [0.2, 0.25) is 16.0 Å². The van der Waals surface area contributed by atoms with Crippen LogP contribution in [0.2, 0.25) is 0 Å². The maximum Gasteiger partial charge on any atom is 0.264 e. The van der Waals surface area contributed by atoms with E-state index in [1.165, 1.54) is 22.9 Å². The molecular weight excluding hydrogens is 608 g/mol. The average molecular weight is 639 g/mol. The number of ketones is 1. The van der Waals surface area contributed by atoms with Crippen molar-refractivity contribution in [1.29, 1.82) is 0 Å². The Morgan fingerprint density at radius 3 is 2.59 bits per heavy atom. The topological polar surface area (TPSA) is 145 Å². The highest BCUT2D eigenvalue weighted by Gasteiger charge is 2.33. The third-order valence-electron chi connectivity index (χ3n) is 8.05. The number of nitrogens with zero attached hydrogens (tertiary/aromatic N) is 4. The third kappa shape index (κ3) is 5.76. The number of nitrogens with one attached hydrogen (secondary N) is 2. The minimum Gasteiger partial charge on any atom is -0.473 e. The van der Waals surface area contributed by atoms with E-state index >= 15 is 0 Å². The van der Waals surface area contributed by atoms with Gasteiger partial charge in [-0.05, 0) is 49.0 Å². The molecule has 4 heterocycles. The number of carbonyl (C=O) groups excluding carboxylic acids is 1. The Balaban J connectivity index is 1.26. The zero-order valence-corrected chi connectivity index (χ0v) is 25.6. The monoisotopic (exact) mass is 638 g/mol. The van der Waals surface area contributed by atoms with Crippen LogP contribution in [0.5, 0.6) is 5.75 Å². The van der Waals surface area contributed by atoms with E-state index in [0.29, 0.717) is 41.2 Å². The van der Waals surface area contributed by atoms with Crippen molar-refractivity contribution >= 4 is 38.5 Å². The van der Waals surface area contributed by atoms with Crippen molar-refractivity contribution in [1.82, 2.24) is 24.2 Å². The van der Waals surface area contributed by atoms with Crippen LogP contribution in [0.4, 0.5) is 11.6 Å². The molecule has 2 atom stereocenters. The van der Waals surface area contributed by atoms with Crippen molar-refractivity contribution in [2.24, 2.45) is 0 Å². The predicted octanol–water partition coefficient (Wildman–Crippen LogP) is 3.47. The van der Waals surface area contributed by atoms with Crippen LogP contribution in [0.15, 0.2) is 101 Å². The number of fused-ring (bicyclic) bond motifs is 2. The van der Waals surface area contributed by atoms with E-state index < -0.39 is 27.5 Å². The molecule has 13 heteroatoms. The highest BCUT2D eigenvalue weighted by molar-refractivity contribution is 7.89. The van der Waals surface area contributed by atoms with Gasteiger partial charge in [-0.15, -0.1) is 0 Å². The number of benzene rings is 3. The summed E-state index contributed by atoms with van der Waals surface area (Å²) in [5.41, 5.74) is 0.916. The largest absolute Gasteiger partial charge is 0.473 e. The van der Waals surface area contributed by atoms with Crippen molar-refractivity contribution in [2.45, 2.75) is 23.7 Å². The fraction of sp³-hybridized carbons (Fsp3) is 0.212. The Bertz CT molecular complexity index is 2100. The summed E-state index contributed by atoms with van der Waals surface area (Å²) >= 11 is 0. The zero-order chi connectivity index (χ0) is 31.8. The van der Waals surface area contributed by atoms with Gasteiger partial charge < -0.3 is 14.8 Å². The summed E-state index contributed by atoms with van der Waals surface area (Å²) in [5.74, 6) is 0.355. The summed E-state index contributed by atoms with van der Waals surface area (Å²) in [7, 11) is -1.98. The van der Waals surface area contributed by atoms with Crippen LogP contribution in [0.25, 0.3) is 11.0 Å². The number of morpholine rings is 1. The van der Waals surface area contributed by atoms with E-state index in [4.69, 9.17) is 9.47 Å². The summed E-state index contributed by atoms with van der Waals surface area (Å²) < 4.78 is 42.0. The minimum atomic E-state index is -3.96. The van der Waals surface area contributed by atoms with Crippen LogP contribution in [-0.4, -0.2) is 66.7 Å². The molecule has 7 rings (SSSR count). The van der Waals surface area contributed by atoms with E-state index in [2.05, 4.69) is 24.9 Å². The second-order valence-electron chi connectivity index (χ2n) is 11.1. The first kappa shape index (κ1) is 29.7. The molecule has 3 aromatic carbocycles. The number of carbonyl (C=O) groups is 1. The summed E-state index contributed by atoms with van der Waals surface area (Å²) in [5, 5.41) is 3.54. The highest BCUT2D eigenvalue weighted by Crippen LogP contribution is 2.29. The summed E-state index contributed by atoms with van der Waals surface area (Å²) in [6, 6.07) is 23.8. The quantitative estimate of drug-likeness (QED) is 0.254. The van der Waals surface area contributed by atoms with E-state index in [-0.39, 0.29) is 34.7 Å². The Labute approximate surface area is 264 Å². The highest BCUT2D eigenvalue weighted by atomic mass is 32.2. The van der Waals surface area contributed by atoms with Crippen LogP contribution >= 0.6 is 0 Å². The number of hydrogen-bond donors (Lipinski definition) is 2. The molecule has 1 saturated heterocycles. The molecule has 0 saturated carbocycles. The SMILES string of the molecule is CN1CCOCC1Oc1ccc(Nc2ncc3cc(C(=O)c4ccccc4)c(=O)n(C4Cc5ccccc5S(=O)(=O)N4)c3n2)cc1. The van der Waals surface area contributed by atoms with Gasteiger partial charge in [-0.25, -0.2) is 13.4 Å². The van der Waals surface area contributed by atoms with Crippen molar-refractivity contribution < 1.29 is 22.7 Å². The maximum absolute atomic E-state index is 14.1. The first-order valence-electron chi connectivity index (χ1n) is 14.7. The number of hydrogen-bond acceptors (Lipinski definition) is 10. The number of pyridine rings is 1. The standard InChI is InChI=1S/C33H30N6O6S/c1-38-15-16-44-20-29(38)45-25-13-11-24(12-14-25)35-33-34-19-23-17-26(30(40)21-7-3-2-4-8-21)32(41)39(31(23)36-33)28-18-22-9-5-6-10-27(22)46(42,43)37-28/h2-14,17,19,28-29,37H,15-16,18,20H2,1H3,(H,34,35,36). The Kier molecular flexibility index (Phi) is 7.82. The molecule has 234 valence electrons. The molecule has 0 radical (unpaired) electrons. The van der Waals surface area contributed by atoms with Crippen LogP contribution in [0.3, 0.4) is 0 Å². The van der Waals surface area contributed by atoms with Gasteiger partial charge in [0.15, 0.2) is 12.0 Å². The molecule has 0 spiro atoms. The minimum absolute atomic E-state index is 0.120. The van der Waals surface area contributed by atoms with Crippen molar-refractivity contribution in [2.75, 3.05) is 32.1 Å². The molecule has 12 nitrogen and oxygen atoms in total. The molecule has 1 fully saturated rings. The molecule has 2 N–H and O–H groups in total. The Morgan fingerprint density at radius 1 is 1.04 bits per heavy atom. The molecule has 0 aliphatic carbocycles. The molecule has 2 unspecified atom stereocenters. The number of aromatic nitrogens is 3. The number of ether oxygens (including phenoxy) is 2. The zero-order valence-electron chi connectivity index (χ0n) is 24.8. The lowest BCUT2D eigenvalue weighted by Crippen LogP contribution is -2.46. The van der Waals surface area contributed by atoms with E-state index in [1.807, 2.05) is 31.3 Å². The summed E-state index contributed by atoms with van der Waals surface area (Å²) in [4.78, 5) is 39.0. The van der Waals surface area contributed by atoms with Gasteiger partial charge in [0.1, 0.15) is 17.6 Å². The summed E-state index contributed by atoms with van der Waals surface area (Å²) in [6.45, 7) is 1.93. The second-order valence-corrected chi connectivity index (χ2v) is 12.8. The molecule has 2 aliphatic heterocycles. The molecular formula is C33H30N6O6S. The number of anilines is 2. The molecule has 0 bridgehead atoms. The Morgan fingerprint density at radius 2 is 1.80 bits per heavy atom. The van der Waals surface area contributed by atoms with Crippen molar-refractivity contribution in [3.63, 3.8) is 0 Å².